The summed E-state index contributed by atoms with van der Waals surface area (Å²) in [6.07, 6.45) is 1.43. The lowest BCUT2D eigenvalue weighted by Gasteiger charge is -2.07. The minimum atomic E-state index is -0.564. The molecule has 1 amide bonds. The van der Waals surface area contributed by atoms with Gasteiger partial charge in [0.1, 0.15) is 12.2 Å². The lowest BCUT2D eigenvalue weighted by atomic mass is 10.1. The van der Waals surface area contributed by atoms with Crippen LogP contribution < -0.4 is 5.73 Å². The molecule has 0 atom stereocenters. The van der Waals surface area contributed by atoms with E-state index in [1.807, 2.05) is 19.9 Å². The van der Waals surface area contributed by atoms with Gasteiger partial charge in [0, 0.05) is 22.5 Å². The summed E-state index contributed by atoms with van der Waals surface area (Å²) in [6.45, 7) is 3.67. The number of aryl methyl sites for hydroxylation is 2. The van der Waals surface area contributed by atoms with E-state index in [9.17, 15) is 9.59 Å². The van der Waals surface area contributed by atoms with Crippen molar-refractivity contribution < 1.29 is 14.3 Å². The number of primary amides is 1. The van der Waals surface area contributed by atoms with Crippen molar-refractivity contribution in [1.82, 2.24) is 14.6 Å². The van der Waals surface area contributed by atoms with E-state index < -0.39 is 11.9 Å². The van der Waals surface area contributed by atoms with Gasteiger partial charge < -0.3 is 10.5 Å². The molecule has 7 nitrogen and oxygen atoms in total. The Morgan fingerprint density at radius 3 is 2.71 bits per heavy atom. The number of fused-ring (bicyclic) bond motifs is 1. The van der Waals surface area contributed by atoms with Gasteiger partial charge in [-0.15, -0.1) is 0 Å². The molecule has 24 heavy (non-hydrogen) atoms. The van der Waals surface area contributed by atoms with Gasteiger partial charge in [-0.3, -0.25) is 4.79 Å². The quantitative estimate of drug-likeness (QED) is 0.738. The number of nitrogens with two attached hydrogens (primary N) is 1. The first kappa shape index (κ1) is 15.7. The molecule has 3 aromatic rings. The Kier molecular flexibility index (Phi) is 3.99. The van der Waals surface area contributed by atoms with Crippen molar-refractivity contribution in [3.63, 3.8) is 0 Å². The third-order valence-electron chi connectivity index (χ3n) is 3.64. The third kappa shape index (κ3) is 2.83. The molecule has 0 saturated carbocycles. The number of rotatable bonds is 4. The Morgan fingerprint density at radius 1 is 1.21 bits per heavy atom. The van der Waals surface area contributed by atoms with Crippen molar-refractivity contribution in [2.75, 3.05) is 0 Å². The lowest BCUT2D eigenvalue weighted by molar-refractivity contribution is 0.0472. The van der Waals surface area contributed by atoms with Crippen LogP contribution in [0.4, 0.5) is 0 Å². The zero-order valence-electron chi connectivity index (χ0n) is 13.3. The highest BCUT2D eigenvalue weighted by Crippen LogP contribution is 2.15. The normalized spacial score (nSPS) is 10.8. The van der Waals surface area contributed by atoms with Crippen LogP contribution in [0.25, 0.3) is 5.65 Å². The summed E-state index contributed by atoms with van der Waals surface area (Å²) in [4.78, 5) is 28.1. The number of amides is 1. The topological polar surface area (TPSA) is 99.6 Å². The molecule has 0 radical (unpaired) electrons. The number of carbonyl (C=O) groups is 2. The first-order chi connectivity index (χ1) is 11.5. The highest BCUT2D eigenvalue weighted by Gasteiger charge is 2.18. The predicted molar refractivity (Wildman–Crippen MR) is 86.5 cm³/mol. The maximum atomic E-state index is 12.4. The van der Waals surface area contributed by atoms with E-state index in [2.05, 4.69) is 10.1 Å². The Morgan fingerprint density at radius 2 is 1.96 bits per heavy atom. The van der Waals surface area contributed by atoms with Gasteiger partial charge in [-0.25, -0.2) is 14.3 Å². The molecule has 1 aromatic carbocycles. The molecule has 0 aliphatic carbocycles. The fourth-order valence-corrected chi connectivity index (χ4v) is 2.52. The monoisotopic (exact) mass is 324 g/mol. The Hall–Kier alpha value is -3.22. The van der Waals surface area contributed by atoms with Crippen LogP contribution in [-0.4, -0.2) is 26.5 Å². The van der Waals surface area contributed by atoms with Crippen LogP contribution in [-0.2, 0) is 11.3 Å². The predicted octanol–water partition coefficient (Wildman–Crippen LogP) is 1.80. The minimum absolute atomic E-state index is 0.0555. The van der Waals surface area contributed by atoms with E-state index in [1.165, 1.54) is 6.20 Å². The van der Waals surface area contributed by atoms with E-state index in [1.54, 1.807) is 28.8 Å². The molecule has 122 valence electrons. The molecule has 7 heteroatoms. The maximum Gasteiger partial charge on any atom is 0.343 e. The number of hydrogen-bond acceptors (Lipinski definition) is 5. The van der Waals surface area contributed by atoms with Gasteiger partial charge in [0.15, 0.2) is 5.65 Å². The molecule has 0 aliphatic heterocycles. The first-order valence-corrected chi connectivity index (χ1v) is 7.34. The Bertz CT molecular complexity index is 946. The molecule has 0 bridgehead atoms. The van der Waals surface area contributed by atoms with Gasteiger partial charge >= 0.3 is 5.97 Å². The van der Waals surface area contributed by atoms with Gasteiger partial charge in [-0.05, 0) is 26.0 Å². The van der Waals surface area contributed by atoms with Crippen LogP contribution in [0.1, 0.15) is 37.7 Å². The van der Waals surface area contributed by atoms with Crippen molar-refractivity contribution in [3.05, 3.63) is 64.6 Å². The zero-order valence-corrected chi connectivity index (χ0v) is 13.3. The van der Waals surface area contributed by atoms with Crippen LogP contribution in [0.2, 0.25) is 0 Å². The number of ether oxygens (including phenoxy) is 1. The van der Waals surface area contributed by atoms with Crippen molar-refractivity contribution in [2.24, 2.45) is 5.73 Å². The maximum absolute atomic E-state index is 12.4. The van der Waals surface area contributed by atoms with Crippen LogP contribution in [0.5, 0.6) is 0 Å². The van der Waals surface area contributed by atoms with Gasteiger partial charge in [0.2, 0.25) is 5.91 Å². The summed E-state index contributed by atoms with van der Waals surface area (Å²) in [7, 11) is 0. The first-order valence-electron chi connectivity index (χ1n) is 7.34. The molecule has 0 aliphatic rings. The van der Waals surface area contributed by atoms with E-state index in [0.717, 1.165) is 11.4 Å². The second-order valence-electron chi connectivity index (χ2n) is 5.43. The number of aromatic nitrogens is 3. The summed E-state index contributed by atoms with van der Waals surface area (Å²) >= 11 is 0. The standard InChI is InChI=1S/C17H16N4O3/c1-10-7-11(2)21-16(20-10)14(8-19-21)17(23)24-9-12-5-3-4-6-13(12)15(18)22/h3-8H,9H2,1-2H3,(H2,18,22). The summed E-state index contributed by atoms with van der Waals surface area (Å²) in [6, 6.07) is 8.61. The van der Waals surface area contributed by atoms with Gasteiger partial charge in [-0.2, -0.15) is 5.10 Å². The molecule has 0 spiro atoms. The molecular formula is C17H16N4O3. The molecule has 2 N–H and O–H groups in total. The highest BCUT2D eigenvalue weighted by atomic mass is 16.5. The number of hydrogen-bond donors (Lipinski definition) is 1. The molecule has 2 heterocycles. The molecule has 3 rings (SSSR count). The van der Waals surface area contributed by atoms with E-state index in [4.69, 9.17) is 10.5 Å². The summed E-state index contributed by atoms with van der Waals surface area (Å²) in [5.41, 5.74) is 8.58. The average Bonchev–Trinajstić information content (AvgIpc) is 2.97. The van der Waals surface area contributed by atoms with Crippen molar-refractivity contribution in [2.45, 2.75) is 20.5 Å². The van der Waals surface area contributed by atoms with Crippen LogP contribution >= 0.6 is 0 Å². The van der Waals surface area contributed by atoms with Crippen molar-refractivity contribution in [1.29, 1.82) is 0 Å². The Labute approximate surface area is 138 Å². The second-order valence-corrected chi connectivity index (χ2v) is 5.43. The van der Waals surface area contributed by atoms with E-state index >= 15 is 0 Å². The number of nitrogens with zero attached hydrogens (tertiary/aromatic N) is 3. The fraction of sp³-hybridized carbons (Fsp3) is 0.176. The van der Waals surface area contributed by atoms with Gasteiger partial charge in [0.05, 0.1) is 6.20 Å². The number of carbonyl (C=O) groups excluding carboxylic acids is 2. The van der Waals surface area contributed by atoms with Gasteiger partial charge in [-0.1, -0.05) is 18.2 Å². The van der Waals surface area contributed by atoms with Crippen LogP contribution in [0.3, 0.4) is 0 Å². The fourth-order valence-electron chi connectivity index (χ4n) is 2.52. The van der Waals surface area contributed by atoms with Crippen molar-refractivity contribution >= 4 is 17.5 Å². The highest BCUT2D eigenvalue weighted by molar-refractivity contribution is 5.96. The van der Waals surface area contributed by atoms with Crippen molar-refractivity contribution in [3.8, 4) is 0 Å². The minimum Gasteiger partial charge on any atom is -0.457 e. The molecule has 0 unspecified atom stereocenters. The smallest absolute Gasteiger partial charge is 0.343 e. The van der Waals surface area contributed by atoms with Crippen LogP contribution in [0, 0.1) is 13.8 Å². The lowest BCUT2D eigenvalue weighted by Crippen LogP contribution is -2.15. The van der Waals surface area contributed by atoms with Crippen LogP contribution in [0.15, 0.2) is 36.5 Å². The van der Waals surface area contributed by atoms with E-state index in [0.29, 0.717) is 16.8 Å². The largest absolute Gasteiger partial charge is 0.457 e. The van der Waals surface area contributed by atoms with E-state index in [-0.39, 0.29) is 12.2 Å². The SMILES string of the molecule is Cc1cc(C)n2ncc(C(=O)OCc3ccccc3C(N)=O)c2n1. The summed E-state index contributed by atoms with van der Waals surface area (Å²) in [5, 5.41) is 4.16. The van der Waals surface area contributed by atoms with Gasteiger partial charge in [0.25, 0.3) is 0 Å². The third-order valence-corrected chi connectivity index (χ3v) is 3.64. The Balaban J connectivity index is 1.85. The average molecular weight is 324 g/mol. The number of esters is 1. The zero-order chi connectivity index (χ0) is 17.3. The summed E-state index contributed by atoms with van der Waals surface area (Å²) in [5.74, 6) is -1.12. The molecule has 0 saturated heterocycles. The molecule has 2 aromatic heterocycles. The second kappa shape index (κ2) is 6.11. The molecule has 0 fully saturated rings. The molecular weight excluding hydrogens is 308 g/mol. The number of benzene rings is 1. The summed E-state index contributed by atoms with van der Waals surface area (Å²) < 4.78 is 6.90.